The van der Waals surface area contributed by atoms with Gasteiger partial charge in [0.2, 0.25) is 5.91 Å². The number of hydrogen-bond donors (Lipinski definition) is 1. The highest BCUT2D eigenvalue weighted by molar-refractivity contribution is 9.10. The highest BCUT2D eigenvalue weighted by Crippen LogP contribution is 2.28. The number of nitrogens with one attached hydrogen (secondary N) is 1. The third kappa shape index (κ3) is 6.87. The molecule has 2 rings (SSSR count). The number of halogens is 3. The second kappa shape index (κ2) is 12.5. The third-order valence-corrected chi connectivity index (χ3v) is 7.06. The van der Waals surface area contributed by atoms with E-state index in [1.165, 1.54) is 4.90 Å². The molecule has 0 aliphatic rings. The van der Waals surface area contributed by atoms with Gasteiger partial charge in [-0.05, 0) is 62.1 Å². The normalized spacial score (nSPS) is 11.7. The molecule has 0 aliphatic heterocycles. The zero-order valence-corrected chi connectivity index (χ0v) is 21.9. The van der Waals surface area contributed by atoms with E-state index in [9.17, 15) is 9.59 Å². The number of amides is 2. The summed E-state index contributed by atoms with van der Waals surface area (Å²) >= 11 is 16.2. The topological polar surface area (TPSA) is 58.6 Å². The number of ether oxygens (including phenoxy) is 1. The molecule has 0 fully saturated rings. The highest BCUT2D eigenvalue weighted by Gasteiger charge is 2.30. The second-order valence-corrected chi connectivity index (χ2v) is 9.20. The van der Waals surface area contributed by atoms with Gasteiger partial charge in [-0.2, -0.15) is 0 Å². The quantitative estimate of drug-likeness (QED) is 0.394. The molecule has 0 unspecified atom stereocenters. The standard InChI is InChI=1S/C24H29BrCl2N2O3/c1-5-10-28-24(31)21(6-2)29(13-18-19(26)8-7-9-20(18)27)22(30)14-32-17-11-15(3)23(25)16(4)12-17/h7-9,11-12,21H,5-6,10,13-14H2,1-4H3,(H,28,31)/t21-/m1/s1. The predicted molar refractivity (Wildman–Crippen MR) is 134 cm³/mol. The van der Waals surface area contributed by atoms with E-state index in [0.717, 1.165) is 22.0 Å². The average Bonchev–Trinajstić information content (AvgIpc) is 2.75. The smallest absolute Gasteiger partial charge is 0.261 e. The maximum atomic E-state index is 13.3. The SMILES string of the molecule is CCCNC(=O)[C@@H](CC)N(Cc1c(Cl)cccc1Cl)C(=O)COc1cc(C)c(Br)c(C)c1. The first-order chi connectivity index (χ1) is 15.2. The first kappa shape index (κ1) is 26.5. The minimum atomic E-state index is -0.668. The predicted octanol–water partition coefficient (Wildman–Crippen LogP) is 6.09. The summed E-state index contributed by atoms with van der Waals surface area (Å²) < 4.78 is 6.81. The first-order valence-electron chi connectivity index (χ1n) is 10.6. The largest absolute Gasteiger partial charge is 0.484 e. The van der Waals surface area contributed by atoms with Crippen molar-refractivity contribution in [3.8, 4) is 5.75 Å². The molecule has 0 aliphatic carbocycles. The van der Waals surface area contributed by atoms with Crippen LogP contribution in [0.5, 0.6) is 5.75 Å². The van der Waals surface area contributed by atoms with Crippen LogP contribution in [0.3, 0.4) is 0 Å². The zero-order chi connectivity index (χ0) is 23.8. The van der Waals surface area contributed by atoms with Crippen LogP contribution in [0.4, 0.5) is 0 Å². The number of nitrogens with zero attached hydrogens (tertiary/aromatic N) is 1. The summed E-state index contributed by atoms with van der Waals surface area (Å²) in [5.74, 6) is 0.0645. The van der Waals surface area contributed by atoms with Crippen LogP contribution in [-0.2, 0) is 16.1 Å². The minimum absolute atomic E-state index is 0.108. The molecule has 2 aromatic rings. The Labute approximate surface area is 208 Å². The fourth-order valence-electron chi connectivity index (χ4n) is 3.36. The van der Waals surface area contributed by atoms with Crippen molar-refractivity contribution in [1.29, 1.82) is 0 Å². The third-order valence-electron chi connectivity index (χ3n) is 5.10. The Morgan fingerprint density at radius 1 is 1.12 bits per heavy atom. The van der Waals surface area contributed by atoms with Gasteiger partial charge in [0.1, 0.15) is 11.8 Å². The van der Waals surface area contributed by atoms with Crippen molar-refractivity contribution >= 4 is 50.9 Å². The summed E-state index contributed by atoms with van der Waals surface area (Å²) in [5.41, 5.74) is 2.62. The number of rotatable bonds is 10. The molecule has 0 bridgehead atoms. The summed E-state index contributed by atoms with van der Waals surface area (Å²) in [6.45, 7) is 8.21. The van der Waals surface area contributed by atoms with E-state index in [-0.39, 0.29) is 25.0 Å². The van der Waals surface area contributed by atoms with Gasteiger partial charge in [-0.3, -0.25) is 9.59 Å². The summed E-state index contributed by atoms with van der Waals surface area (Å²) in [4.78, 5) is 27.6. The van der Waals surface area contributed by atoms with Crippen molar-refractivity contribution in [3.05, 3.63) is 61.5 Å². The molecular formula is C24H29BrCl2N2O3. The second-order valence-electron chi connectivity index (χ2n) is 7.60. The van der Waals surface area contributed by atoms with Crippen LogP contribution < -0.4 is 10.1 Å². The lowest BCUT2D eigenvalue weighted by Crippen LogP contribution is -2.50. The van der Waals surface area contributed by atoms with Gasteiger partial charge in [0, 0.05) is 33.2 Å². The Balaban J connectivity index is 2.29. The van der Waals surface area contributed by atoms with Crippen LogP contribution in [-0.4, -0.2) is 35.9 Å². The lowest BCUT2D eigenvalue weighted by molar-refractivity contribution is -0.143. The Morgan fingerprint density at radius 3 is 2.25 bits per heavy atom. The fourth-order valence-corrected chi connectivity index (χ4v) is 4.10. The average molecular weight is 544 g/mol. The molecule has 2 amide bonds. The van der Waals surface area contributed by atoms with E-state index in [0.29, 0.717) is 34.3 Å². The van der Waals surface area contributed by atoms with Gasteiger partial charge < -0.3 is 15.0 Å². The summed E-state index contributed by atoms with van der Waals surface area (Å²) in [6.07, 6.45) is 1.25. The van der Waals surface area contributed by atoms with E-state index < -0.39 is 6.04 Å². The lowest BCUT2D eigenvalue weighted by atomic mass is 10.1. The van der Waals surface area contributed by atoms with Gasteiger partial charge in [0.25, 0.3) is 5.91 Å². The van der Waals surface area contributed by atoms with E-state index in [2.05, 4.69) is 21.2 Å². The molecule has 2 aromatic carbocycles. The van der Waals surface area contributed by atoms with Crippen molar-refractivity contribution in [2.75, 3.05) is 13.2 Å². The number of aryl methyl sites for hydroxylation is 2. The van der Waals surface area contributed by atoms with Crippen molar-refractivity contribution in [3.63, 3.8) is 0 Å². The van der Waals surface area contributed by atoms with Gasteiger partial charge in [-0.1, -0.05) is 59.0 Å². The number of benzene rings is 2. The molecule has 174 valence electrons. The van der Waals surface area contributed by atoms with Crippen molar-refractivity contribution < 1.29 is 14.3 Å². The van der Waals surface area contributed by atoms with Crippen LogP contribution in [0.2, 0.25) is 10.0 Å². The van der Waals surface area contributed by atoms with Gasteiger partial charge in [0.15, 0.2) is 6.61 Å². The Hall–Kier alpha value is -1.76. The maximum absolute atomic E-state index is 13.3. The molecule has 0 saturated carbocycles. The van der Waals surface area contributed by atoms with E-state index >= 15 is 0 Å². The maximum Gasteiger partial charge on any atom is 0.261 e. The molecule has 0 heterocycles. The number of carbonyl (C=O) groups is 2. The Kier molecular flexibility index (Phi) is 10.3. The summed E-state index contributed by atoms with van der Waals surface area (Å²) in [6, 6.07) is 8.24. The van der Waals surface area contributed by atoms with Crippen LogP contribution in [0.1, 0.15) is 43.4 Å². The summed E-state index contributed by atoms with van der Waals surface area (Å²) in [7, 11) is 0. The molecule has 1 atom stereocenters. The molecule has 5 nitrogen and oxygen atoms in total. The molecule has 0 spiro atoms. The van der Waals surface area contributed by atoms with Crippen LogP contribution >= 0.6 is 39.1 Å². The molecule has 0 radical (unpaired) electrons. The van der Waals surface area contributed by atoms with Gasteiger partial charge in [-0.15, -0.1) is 0 Å². The monoisotopic (exact) mass is 542 g/mol. The Morgan fingerprint density at radius 2 is 1.72 bits per heavy atom. The highest BCUT2D eigenvalue weighted by atomic mass is 79.9. The lowest BCUT2D eigenvalue weighted by Gasteiger charge is -2.31. The Bertz CT molecular complexity index is 925. The minimum Gasteiger partial charge on any atom is -0.484 e. The van der Waals surface area contributed by atoms with Crippen LogP contribution in [0.15, 0.2) is 34.8 Å². The van der Waals surface area contributed by atoms with Crippen molar-refractivity contribution in [2.45, 2.75) is 53.1 Å². The van der Waals surface area contributed by atoms with E-state index in [1.807, 2.05) is 39.8 Å². The zero-order valence-electron chi connectivity index (χ0n) is 18.8. The van der Waals surface area contributed by atoms with Crippen LogP contribution in [0, 0.1) is 13.8 Å². The molecule has 32 heavy (non-hydrogen) atoms. The molecule has 0 saturated heterocycles. The van der Waals surface area contributed by atoms with Gasteiger partial charge in [0.05, 0.1) is 0 Å². The summed E-state index contributed by atoms with van der Waals surface area (Å²) in [5, 5.41) is 3.77. The molecule has 8 heteroatoms. The number of hydrogen-bond acceptors (Lipinski definition) is 3. The van der Waals surface area contributed by atoms with E-state index in [1.54, 1.807) is 18.2 Å². The van der Waals surface area contributed by atoms with E-state index in [4.69, 9.17) is 27.9 Å². The number of carbonyl (C=O) groups excluding carboxylic acids is 2. The van der Waals surface area contributed by atoms with Crippen LogP contribution in [0.25, 0.3) is 0 Å². The molecule has 1 N–H and O–H groups in total. The molecular weight excluding hydrogens is 515 g/mol. The van der Waals surface area contributed by atoms with Gasteiger partial charge >= 0.3 is 0 Å². The van der Waals surface area contributed by atoms with Crippen molar-refractivity contribution in [2.24, 2.45) is 0 Å². The molecule has 0 aromatic heterocycles. The first-order valence-corrected chi connectivity index (χ1v) is 12.1. The fraction of sp³-hybridized carbons (Fsp3) is 0.417. The van der Waals surface area contributed by atoms with Gasteiger partial charge in [-0.25, -0.2) is 0 Å². The van der Waals surface area contributed by atoms with Crippen molar-refractivity contribution in [1.82, 2.24) is 10.2 Å².